The molecule has 2 aromatic rings. The Kier molecular flexibility index (Phi) is 3.77. The molecule has 4 rings (SSSR count). The largest absolute Gasteiger partial charge is 0.465 e. The molecule has 2 aliphatic heterocycles. The highest BCUT2D eigenvalue weighted by Crippen LogP contribution is 2.34. The topological polar surface area (TPSA) is 64.5 Å². The van der Waals surface area contributed by atoms with Crippen LogP contribution < -0.4 is 0 Å². The van der Waals surface area contributed by atoms with Crippen molar-refractivity contribution in [2.45, 2.75) is 58.1 Å². The molecule has 4 heterocycles. The van der Waals surface area contributed by atoms with Crippen LogP contribution in [0.5, 0.6) is 0 Å². The highest BCUT2D eigenvalue weighted by atomic mass is 16.5. The van der Waals surface area contributed by atoms with Crippen LogP contribution in [-0.4, -0.2) is 40.8 Å². The van der Waals surface area contributed by atoms with E-state index in [0.29, 0.717) is 17.8 Å². The smallest absolute Gasteiger partial charge is 0.261 e. The van der Waals surface area contributed by atoms with Gasteiger partial charge in [0, 0.05) is 18.0 Å². The summed E-state index contributed by atoms with van der Waals surface area (Å²) >= 11 is 0. The average Bonchev–Trinajstić information content (AvgIpc) is 3.23. The third kappa shape index (κ3) is 2.78. The molecule has 0 amide bonds. The summed E-state index contributed by atoms with van der Waals surface area (Å²) in [5, 5.41) is 4.16. The van der Waals surface area contributed by atoms with E-state index in [1.165, 1.54) is 12.8 Å². The molecule has 6 nitrogen and oxygen atoms in total. The Balaban J connectivity index is 1.56. The minimum Gasteiger partial charge on any atom is -0.465 e. The molecule has 0 N–H and O–H groups in total. The summed E-state index contributed by atoms with van der Waals surface area (Å²) in [6.45, 7) is 11.0. The van der Waals surface area contributed by atoms with E-state index in [0.717, 1.165) is 36.8 Å². The number of furan rings is 1. The molecule has 2 aromatic heterocycles. The van der Waals surface area contributed by atoms with E-state index in [1.807, 2.05) is 13.0 Å². The molecule has 6 heteroatoms. The van der Waals surface area contributed by atoms with Gasteiger partial charge in [-0.15, -0.1) is 0 Å². The van der Waals surface area contributed by atoms with Crippen molar-refractivity contribution in [1.29, 1.82) is 0 Å². The van der Waals surface area contributed by atoms with E-state index in [2.05, 4.69) is 35.8 Å². The molecule has 2 fully saturated rings. The van der Waals surface area contributed by atoms with E-state index >= 15 is 0 Å². The first kappa shape index (κ1) is 15.8. The van der Waals surface area contributed by atoms with Crippen molar-refractivity contribution in [3.8, 4) is 11.5 Å². The second kappa shape index (κ2) is 5.70. The molecule has 0 unspecified atom stereocenters. The first-order chi connectivity index (χ1) is 11.4. The lowest BCUT2D eigenvalue weighted by atomic mass is 9.93. The average molecular weight is 331 g/mol. The van der Waals surface area contributed by atoms with Crippen LogP contribution in [0, 0.1) is 6.92 Å². The van der Waals surface area contributed by atoms with Gasteiger partial charge in [0.2, 0.25) is 5.82 Å². The molecule has 0 spiro atoms. The van der Waals surface area contributed by atoms with Gasteiger partial charge in [-0.3, -0.25) is 4.90 Å². The molecule has 0 bridgehead atoms. The predicted octanol–water partition coefficient (Wildman–Crippen LogP) is 3.47. The summed E-state index contributed by atoms with van der Waals surface area (Å²) in [5.41, 5.74) is 0.817. The van der Waals surface area contributed by atoms with Crippen LogP contribution in [0.3, 0.4) is 0 Å². The van der Waals surface area contributed by atoms with Crippen LogP contribution in [0.15, 0.2) is 15.0 Å². The number of aromatic nitrogens is 2. The van der Waals surface area contributed by atoms with Crippen LogP contribution in [0.4, 0.5) is 0 Å². The van der Waals surface area contributed by atoms with Gasteiger partial charge in [0.1, 0.15) is 17.6 Å². The molecular weight excluding hydrogens is 306 g/mol. The zero-order chi connectivity index (χ0) is 16.9. The van der Waals surface area contributed by atoms with Crippen molar-refractivity contribution in [2.24, 2.45) is 0 Å². The lowest BCUT2D eigenvalue weighted by Crippen LogP contribution is -2.42. The monoisotopic (exact) mass is 331 g/mol. The van der Waals surface area contributed by atoms with E-state index < -0.39 is 0 Å². The van der Waals surface area contributed by atoms with Gasteiger partial charge in [-0.25, -0.2) is 0 Å². The Morgan fingerprint density at radius 1 is 1.29 bits per heavy atom. The van der Waals surface area contributed by atoms with Gasteiger partial charge in [0.25, 0.3) is 5.89 Å². The predicted molar refractivity (Wildman–Crippen MR) is 88.7 cm³/mol. The summed E-state index contributed by atoms with van der Waals surface area (Å²) in [7, 11) is 0. The molecular formula is C18H25N3O3. The summed E-state index contributed by atoms with van der Waals surface area (Å²) in [5.74, 6) is 2.87. The lowest BCUT2D eigenvalue weighted by molar-refractivity contribution is -0.0548. The van der Waals surface area contributed by atoms with Gasteiger partial charge >= 0.3 is 0 Å². The lowest BCUT2D eigenvalue weighted by Gasteiger charge is -2.33. The maximum atomic E-state index is 5.97. The van der Waals surface area contributed by atoms with Crippen molar-refractivity contribution < 1.29 is 13.7 Å². The Hall–Kier alpha value is -1.66. The third-order valence-corrected chi connectivity index (χ3v) is 5.01. The van der Waals surface area contributed by atoms with Gasteiger partial charge in [0.15, 0.2) is 0 Å². The third-order valence-electron chi connectivity index (χ3n) is 5.01. The van der Waals surface area contributed by atoms with Crippen molar-refractivity contribution in [3.05, 3.63) is 23.4 Å². The zero-order valence-electron chi connectivity index (χ0n) is 14.8. The number of aryl methyl sites for hydroxylation is 1. The molecule has 130 valence electrons. The molecule has 0 aliphatic carbocycles. The standard InChI is InChI=1S/C18H25N3O3/c1-11-13(8-15(23-11)18(2,3)4)17-19-16(20-24-17)14-9-21-7-5-6-12(21)10-22-14/h8,12,14H,5-7,9-10H2,1-4H3/t12-,14+/m0/s1. The zero-order valence-corrected chi connectivity index (χ0v) is 14.8. The van der Waals surface area contributed by atoms with Crippen LogP contribution in [0.1, 0.15) is 57.1 Å². The molecule has 0 radical (unpaired) electrons. The minimum atomic E-state index is -0.105. The highest BCUT2D eigenvalue weighted by molar-refractivity contribution is 5.56. The van der Waals surface area contributed by atoms with E-state index in [9.17, 15) is 0 Å². The number of ether oxygens (including phenoxy) is 1. The second-order valence-corrected chi connectivity index (χ2v) is 7.90. The maximum absolute atomic E-state index is 5.97. The van der Waals surface area contributed by atoms with Gasteiger partial charge in [0.05, 0.1) is 12.2 Å². The number of hydrogen-bond donors (Lipinski definition) is 0. The number of rotatable bonds is 2. The molecule has 0 aromatic carbocycles. The van der Waals surface area contributed by atoms with Gasteiger partial charge in [-0.05, 0) is 32.4 Å². The van der Waals surface area contributed by atoms with Crippen LogP contribution in [0.25, 0.3) is 11.5 Å². The number of hydrogen-bond acceptors (Lipinski definition) is 6. The molecule has 2 atom stereocenters. The van der Waals surface area contributed by atoms with Crippen molar-refractivity contribution >= 4 is 0 Å². The summed E-state index contributed by atoms with van der Waals surface area (Å²) < 4.78 is 17.3. The Bertz CT molecular complexity index is 728. The Labute approximate surface area is 142 Å². The Morgan fingerprint density at radius 2 is 2.12 bits per heavy atom. The van der Waals surface area contributed by atoms with E-state index in [4.69, 9.17) is 13.7 Å². The van der Waals surface area contributed by atoms with E-state index in [-0.39, 0.29) is 11.5 Å². The fraction of sp³-hybridized carbons (Fsp3) is 0.667. The fourth-order valence-corrected chi connectivity index (χ4v) is 3.51. The highest BCUT2D eigenvalue weighted by Gasteiger charge is 2.35. The quantitative estimate of drug-likeness (QED) is 0.839. The normalized spacial score (nSPS) is 25.2. The van der Waals surface area contributed by atoms with E-state index in [1.54, 1.807) is 0 Å². The Morgan fingerprint density at radius 3 is 2.88 bits per heavy atom. The first-order valence-corrected chi connectivity index (χ1v) is 8.72. The SMILES string of the molecule is Cc1oc(C(C)(C)C)cc1-c1nc([C@H]2CN3CCC[C@H]3CO2)no1. The minimum absolute atomic E-state index is 0.0525. The van der Waals surface area contributed by atoms with Crippen LogP contribution in [0.2, 0.25) is 0 Å². The maximum Gasteiger partial charge on any atom is 0.261 e. The number of morpholine rings is 1. The molecule has 2 saturated heterocycles. The summed E-state index contributed by atoms with van der Waals surface area (Å²) in [6.07, 6.45) is 2.38. The molecule has 2 aliphatic rings. The first-order valence-electron chi connectivity index (χ1n) is 8.72. The van der Waals surface area contributed by atoms with Crippen molar-refractivity contribution in [1.82, 2.24) is 15.0 Å². The fourth-order valence-electron chi connectivity index (χ4n) is 3.51. The van der Waals surface area contributed by atoms with Crippen molar-refractivity contribution in [3.63, 3.8) is 0 Å². The number of fused-ring (bicyclic) bond motifs is 1. The molecule has 24 heavy (non-hydrogen) atoms. The van der Waals surface area contributed by atoms with Gasteiger partial charge in [-0.1, -0.05) is 25.9 Å². The van der Waals surface area contributed by atoms with Gasteiger partial charge in [-0.2, -0.15) is 4.98 Å². The second-order valence-electron chi connectivity index (χ2n) is 7.90. The summed E-state index contributed by atoms with van der Waals surface area (Å²) in [4.78, 5) is 7.06. The summed E-state index contributed by atoms with van der Waals surface area (Å²) in [6, 6.07) is 2.57. The van der Waals surface area contributed by atoms with Gasteiger partial charge < -0.3 is 13.7 Å². The van der Waals surface area contributed by atoms with Crippen LogP contribution >= 0.6 is 0 Å². The van der Waals surface area contributed by atoms with Crippen LogP contribution in [-0.2, 0) is 10.2 Å². The molecule has 0 saturated carbocycles. The van der Waals surface area contributed by atoms with Crippen molar-refractivity contribution in [2.75, 3.05) is 19.7 Å². The number of nitrogens with zero attached hydrogens (tertiary/aromatic N) is 3.